The molecule has 0 atom stereocenters. The van der Waals surface area contributed by atoms with Crippen LogP contribution in [0, 0.1) is 18.3 Å². The Morgan fingerprint density at radius 3 is 0.947 bits per heavy atom. The Hall–Kier alpha value is 1.09. The van der Waals surface area contributed by atoms with Gasteiger partial charge >= 0.3 is 42.8 Å². The average molecular weight is 494 g/mol. The van der Waals surface area contributed by atoms with Crippen molar-refractivity contribution in [2.24, 2.45) is 5.41 Å². The van der Waals surface area contributed by atoms with Gasteiger partial charge < -0.3 is 6.92 Å². The summed E-state index contributed by atoms with van der Waals surface area (Å²) in [6.07, 6.45) is 0. The molecule has 0 N–H and O–H groups in total. The minimum atomic E-state index is -2.18. The zero-order valence-corrected chi connectivity index (χ0v) is 18.8. The first-order valence-corrected chi connectivity index (χ1v) is 18.1. The van der Waals surface area contributed by atoms with E-state index in [1.807, 2.05) is 0 Å². The van der Waals surface area contributed by atoms with Crippen LogP contribution in [-0.4, -0.2) is 0 Å². The van der Waals surface area contributed by atoms with Gasteiger partial charge in [0.2, 0.25) is 0 Å². The van der Waals surface area contributed by atoms with Crippen molar-refractivity contribution in [2.75, 3.05) is 0 Å². The van der Waals surface area contributed by atoms with Crippen molar-refractivity contribution in [2.45, 2.75) is 55.4 Å². The topological polar surface area (TPSA) is 0 Å². The van der Waals surface area contributed by atoms with E-state index in [4.69, 9.17) is 27.6 Å². The zero-order valence-electron chi connectivity index (χ0n) is 13.3. The Bertz CT molecular complexity index is 303. The number of halogens is 3. The van der Waals surface area contributed by atoms with Crippen LogP contribution >= 0.6 is 27.6 Å². The average Bonchev–Trinajstić information content (AvgIpc) is 2.33. The molecule has 0 amide bonds. The second-order valence-corrected chi connectivity index (χ2v) is 19.8. The van der Waals surface area contributed by atoms with E-state index in [2.05, 4.69) is 62.3 Å². The van der Waals surface area contributed by atoms with Crippen LogP contribution in [0.5, 0.6) is 0 Å². The molecular weight excluding hydrogens is 467 g/mol. The molecule has 0 aliphatic heterocycles. The molecule has 0 aromatic heterocycles. The van der Waals surface area contributed by atoms with Crippen LogP contribution in [0.25, 0.3) is 0 Å². The van der Waals surface area contributed by atoms with Crippen molar-refractivity contribution in [3.05, 3.63) is 35.1 Å². The summed E-state index contributed by atoms with van der Waals surface area (Å²) >= 11 is -2.18. The minimum absolute atomic E-state index is 0.250. The summed E-state index contributed by atoms with van der Waals surface area (Å²) in [5.74, 6) is 1.47. The second kappa shape index (κ2) is 9.92. The summed E-state index contributed by atoms with van der Waals surface area (Å²) in [7, 11) is 15.0. The van der Waals surface area contributed by atoms with Crippen molar-refractivity contribution in [3.63, 3.8) is 0 Å². The molecule has 1 aliphatic carbocycles. The first kappa shape index (κ1) is 22.4. The standard InChI is InChI=1S/C10H15.C5H11.3ClH.Ta/c1-6-7(2)9(4)10(5)8(6)3;1-5(2,3)4;;;;/h1-5H3;1H2,2-4H3;3*1H;/q;-1;;;;+3/p-3. The molecule has 113 valence electrons. The van der Waals surface area contributed by atoms with Gasteiger partial charge in [-0.25, -0.2) is 0 Å². The quantitative estimate of drug-likeness (QED) is 0.313. The van der Waals surface area contributed by atoms with Crippen LogP contribution in [0.2, 0.25) is 0 Å². The summed E-state index contributed by atoms with van der Waals surface area (Å²) in [5.41, 5.74) is 6.12. The molecule has 0 spiro atoms. The molecule has 0 fully saturated rings. The molecule has 0 saturated carbocycles. The predicted octanol–water partition coefficient (Wildman–Crippen LogP) is 7.20. The van der Waals surface area contributed by atoms with Gasteiger partial charge in [0.15, 0.2) is 0 Å². The van der Waals surface area contributed by atoms with Gasteiger partial charge in [0, 0.05) is 5.92 Å². The van der Waals surface area contributed by atoms with Crippen LogP contribution in [0.15, 0.2) is 22.3 Å². The SMILES string of the molecule is C[C]1C(C)=C(C)C(C)=C1C.[CH2-]C(C)(C)C.[Cl][Ta]([Cl])[Cl]. The molecular formula is C15H26Cl3Ta-. The van der Waals surface area contributed by atoms with E-state index >= 15 is 0 Å². The number of rotatable bonds is 0. The van der Waals surface area contributed by atoms with Crippen LogP contribution < -0.4 is 0 Å². The third-order valence-corrected chi connectivity index (χ3v) is 2.81. The van der Waals surface area contributed by atoms with Crippen LogP contribution in [-0.2, 0) is 15.2 Å². The fraction of sp³-hybridized carbons (Fsp3) is 0.600. The maximum absolute atomic E-state index is 5.01. The first-order valence-electron chi connectivity index (χ1n) is 6.11. The van der Waals surface area contributed by atoms with Gasteiger partial charge in [-0.3, -0.25) is 0 Å². The summed E-state index contributed by atoms with van der Waals surface area (Å²) in [6, 6.07) is 0. The zero-order chi connectivity index (χ0) is 16.0. The number of hydrogen-bond donors (Lipinski definition) is 0. The molecule has 1 radical (unpaired) electrons. The number of hydrogen-bond acceptors (Lipinski definition) is 0. The number of allylic oxidation sites excluding steroid dienone is 4. The van der Waals surface area contributed by atoms with E-state index < -0.39 is 15.2 Å². The van der Waals surface area contributed by atoms with Crippen molar-refractivity contribution < 1.29 is 15.2 Å². The molecule has 0 aromatic carbocycles. The Labute approximate surface area is 138 Å². The molecule has 0 nitrogen and oxygen atoms in total. The summed E-state index contributed by atoms with van der Waals surface area (Å²) in [4.78, 5) is 0. The summed E-state index contributed by atoms with van der Waals surface area (Å²) in [6.45, 7) is 21.0. The van der Waals surface area contributed by atoms with E-state index in [-0.39, 0.29) is 5.41 Å². The maximum atomic E-state index is 5.01. The predicted molar refractivity (Wildman–Crippen MR) is 88.0 cm³/mol. The molecule has 0 unspecified atom stereocenters. The van der Waals surface area contributed by atoms with Crippen molar-refractivity contribution in [3.8, 4) is 0 Å². The van der Waals surface area contributed by atoms with Gasteiger partial charge in [-0.05, 0) is 38.8 Å². The van der Waals surface area contributed by atoms with Crippen molar-refractivity contribution in [1.82, 2.24) is 0 Å². The van der Waals surface area contributed by atoms with E-state index in [9.17, 15) is 0 Å². The third kappa shape index (κ3) is 12.5. The van der Waals surface area contributed by atoms with E-state index in [0.29, 0.717) is 0 Å². The Morgan fingerprint density at radius 1 is 0.737 bits per heavy atom. The van der Waals surface area contributed by atoms with Gasteiger partial charge in [0.1, 0.15) is 0 Å². The molecule has 19 heavy (non-hydrogen) atoms. The van der Waals surface area contributed by atoms with Gasteiger partial charge in [-0.2, -0.15) is 5.41 Å². The van der Waals surface area contributed by atoms with Crippen LogP contribution in [0.1, 0.15) is 55.4 Å². The van der Waals surface area contributed by atoms with Gasteiger partial charge in [0.25, 0.3) is 0 Å². The molecule has 1 rings (SSSR count). The third-order valence-electron chi connectivity index (χ3n) is 2.81. The monoisotopic (exact) mass is 492 g/mol. The summed E-state index contributed by atoms with van der Waals surface area (Å²) in [5, 5.41) is 0. The molecule has 1 aliphatic rings. The Balaban J connectivity index is 0. The van der Waals surface area contributed by atoms with Crippen molar-refractivity contribution >= 4 is 27.6 Å². The Morgan fingerprint density at radius 2 is 0.895 bits per heavy atom. The van der Waals surface area contributed by atoms with Gasteiger partial charge in [-0.1, -0.05) is 38.8 Å². The van der Waals surface area contributed by atoms with E-state index in [0.717, 1.165) is 0 Å². The van der Waals surface area contributed by atoms with Crippen LogP contribution in [0.4, 0.5) is 0 Å². The molecule has 4 heteroatoms. The van der Waals surface area contributed by atoms with Gasteiger partial charge in [-0.15, -0.1) is 0 Å². The second-order valence-electron chi connectivity index (χ2n) is 5.88. The fourth-order valence-corrected chi connectivity index (χ4v) is 1.41. The first-order chi connectivity index (χ1) is 8.29. The van der Waals surface area contributed by atoms with E-state index in [1.54, 1.807) is 0 Å². The van der Waals surface area contributed by atoms with Gasteiger partial charge in [0.05, 0.1) is 0 Å². The molecule has 0 bridgehead atoms. The fourth-order valence-electron chi connectivity index (χ4n) is 1.41. The Kier molecular flexibility index (Phi) is 11.7. The van der Waals surface area contributed by atoms with Crippen LogP contribution in [0.3, 0.4) is 0 Å². The normalized spacial score (nSPS) is 16.3. The van der Waals surface area contributed by atoms with Crippen molar-refractivity contribution in [1.29, 1.82) is 0 Å². The van der Waals surface area contributed by atoms with E-state index in [1.165, 1.54) is 28.2 Å². The summed E-state index contributed by atoms with van der Waals surface area (Å²) < 4.78 is 0. The molecule has 0 heterocycles. The molecule has 0 saturated heterocycles. The molecule has 0 aromatic rings.